The summed E-state index contributed by atoms with van der Waals surface area (Å²) in [5.74, 6) is 0.601. The minimum Gasteiger partial charge on any atom is -0.481 e. The summed E-state index contributed by atoms with van der Waals surface area (Å²) < 4.78 is 9.98. The van der Waals surface area contributed by atoms with E-state index in [-0.39, 0.29) is 5.38 Å². The van der Waals surface area contributed by atoms with Crippen molar-refractivity contribution in [3.05, 3.63) is 18.3 Å². The molecular formula is C11H17ClN2O2. The minimum atomic E-state index is 0.0428. The molecule has 0 aliphatic rings. The second-order valence-electron chi connectivity index (χ2n) is 3.35. The Balaban J connectivity index is 2.31. The van der Waals surface area contributed by atoms with Crippen molar-refractivity contribution in [2.75, 3.05) is 32.7 Å². The largest absolute Gasteiger partial charge is 0.481 e. The van der Waals surface area contributed by atoms with Gasteiger partial charge in [0.2, 0.25) is 5.88 Å². The zero-order valence-corrected chi connectivity index (χ0v) is 10.3. The first-order valence-electron chi connectivity index (χ1n) is 5.13. The van der Waals surface area contributed by atoms with Crippen LogP contribution in [0.2, 0.25) is 0 Å². The second kappa shape index (κ2) is 7.30. The summed E-state index contributed by atoms with van der Waals surface area (Å²) in [5, 5.41) is 3.29. The Kier molecular flexibility index (Phi) is 5.96. The lowest BCUT2D eigenvalue weighted by molar-refractivity contribution is 0.196. The molecule has 1 aromatic heterocycles. The SMILES string of the molecule is COCC(Cl)CCNc1ccnc(OC)c1. The maximum atomic E-state index is 6.00. The van der Waals surface area contributed by atoms with E-state index in [0.29, 0.717) is 12.5 Å². The highest BCUT2D eigenvalue weighted by Crippen LogP contribution is 2.13. The third-order valence-corrected chi connectivity index (χ3v) is 2.42. The molecule has 1 rings (SSSR count). The first-order valence-corrected chi connectivity index (χ1v) is 5.57. The first kappa shape index (κ1) is 13.1. The van der Waals surface area contributed by atoms with Gasteiger partial charge in [0.05, 0.1) is 19.1 Å². The molecule has 0 aliphatic carbocycles. The van der Waals surface area contributed by atoms with Crippen LogP contribution >= 0.6 is 11.6 Å². The highest BCUT2D eigenvalue weighted by molar-refractivity contribution is 6.20. The summed E-state index contributed by atoms with van der Waals surface area (Å²) >= 11 is 6.00. The van der Waals surface area contributed by atoms with Gasteiger partial charge in [-0.3, -0.25) is 0 Å². The molecule has 0 fully saturated rings. The zero-order valence-electron chi connectivity index (χ0n) is 9.57. The summed E-state index contributed by atoms with van der Waals surface area (Å²) in [6.45, 7) is 1.37. The number of hydrogen-bond donors (Lipinski definition) is 1. The van der Waals surface area contributed by atoms with Gasteiger partial charge in [0, 0.05) is 31.6 Å². The number of methoxy groups -OCH3 is 2. The van der Waals surface area contributed by atoms with E-state index in [4.69, 9.17) is 21.1 Å². The van der Waals surface area contributed by atoms with Crippen molar-refractivity contribution in [1.82, 2.24) is 4.98 Å². The molecule has 0 aromatic carbocycles. The molecule has 0 saturated carbocycles. The maximum absolute atomic E-state index is 6.00. The van der Waals surface area contributed by atoms with Gasteiger partial charge in [0.15, 0.2) is 0 Å². The van der Waals surface area contributed by atoms with Gasteiger partial charge in [0.25, 0.3) is 0 Å². The molecule has 16 heavy (non-hydrogen) atoms. The van der Waals surface area contributed by atoms with E-state index in [1.165, 1.54) is 0 Å². The van der Waals surface area contributed by atoms with Crippen LogP contribution in [0.25, 0.3) is 0 Å². The molecule has 1 unspecified atom stereocenters. The molecular weight excluding hydrogens is 228 g/mol. The quantitative estimate of drug-likeness (QED) is 0.747. The van der Waals surface area contributed by atoms with Crippen molar-refractivity contribution in [3.8, 4) is 5.88 Å². The highest BCUT2D eigenvalue weighted by atomic mass is 35.5. The Labute approximate surface area is 101 Å². The number of alkyl halides is 1. The lowest BCUT2D eigenvalue weighted by Gasteiger charge is -2.10. The predicted molar refractivity (Wildman–Crippen MR) is 65.4 cm³/mol. The van der Waals surface area contributed by atoms with Crippen LogP contribution in [0.3, 0.4) is 0 Å². The summed E-state index contributed by atoms with van der Waals surface area (Å²) in [6.07, 6.45) is 2.55. The van der Waals surface area contributed by atoms with Crippen molar-refractivity contribution >= 4 is 17.3 Å². The maximum Gasteiger partial charge on any atom is 0.214 e. The number of nitrogens with zero attached hydrogens (tertiary/aromatic N) is 1. The van der Waals surface area contributed by atoms with Gasteiger partial charge in [-0.2, -0.15) is 0 Å². The van der Waals surface area contributed by atoms with E-state index in [0.717, 1.165) is 18.7 Å². The van der Waals surface area contributed by atoms with Crippen molar-refractivity contribution in [3.63, 3.8) is 0 Å². The average Bonchev–Trinajstić information content (AvgIpc) is 2.30. The molecule has 0 spiro atoms. The van der Waals surface area contributed by atoms with Gasteiger partial charge in [-0.1, -0.05) is 0 Å². The van der Waals surface area contributed by atoms with E-state index < -0.39 is 0 Å². The molecule has 1 N–H and O–H groups in total. The van der Waals surface area contributed by atoms with Crippen molar-refractivity contribution < 1.29 is 9.47 Å². The monoisotopic (exact) mass is 244 g/mol. The molecule has 1 atom stereocenters. The third kappa shape index (κ3) is 4.68. The smallest absolute Gasteiger partial charge is 0.214 e. The Morgan fingerprint density at radius 3 is 3.00 bits per heavy atom. The number of rotatable bonds is 7. The van der Waals surface area contributed by atoms with Crippen LogP contribution < -0.4 is 10.1 Å². The highest BCUT2D eigenvalue weighted by Gasteiger charge is 2.03. The van der Waals surface area contributed by atoms with Crippen LogP contribution in [0.15, 0.2) is 18.3 Å². The molecule has 1 aromatic rings. The second-order valence-corrected chi connectivity index (χ2v) is 3.97. The van der Waals surface area contributed by atoms with Crippen LogP contribution in [0.5, 0.6) is 5.88 Å². The fourth-order valence-corrected chi connectivity index (χ4v) is 1.50. The lowest BCUT2D eigenvalue weighted by atomic mass is 10.3. The van der Waals surface area contributed by atoms with Crippen molar-refractivity contribution in [2.45, 2.75) is 11.8 Å². The molecule has 0 radical (unpaired) electrons. The molecule has 4 nitrogen and oxygen atoms in total. The summed E-state index contributed by atoms with van der Waals surface area (Å²) in [4.78, 5) is 4.02. The zero-order chi connectivity index (χ0) is 11.8. The number of pyridine rings is 1. The third-order valence-electron chi connectivity index (χ3n) is 2.08. The molecule has 90 valence electrons. The number of anilines is 1. The van der Waals surface area contributed by atoms with E-state index >= 15 is 0 Å². The van der Waals surface area contributed by atoms with Crippen LogP contribution in [0.4, 0.5) is 5.69 Å². The first-order chi connectivity index (χ1) is 7.76. The number of aromatic nitrogens is 1. The van der Waals surface area contributed by atoms with Gasteiger partial charge in [-0.15, -0.1) is 11.6 Å². The Bertz CT molecular complexity index is 310. The number of nitrogens with one attached hydrogen (secondary N) is 1. The van der Waals surface area contributed by atoms with Gasteiger partial charge in [-0.05, 0) is 12.5 Å². The standard InChI is InChI=1S/C11H17ClN2O2/c1-15-8-9(12)3-5-13-10-4-6-14-11(7-10)16-2/h4,6-7,9H,3,5,8H2,1-2H3,(H,13,14). The van der Waals surface area contributed by atoms with Crippen LogP contribution in [0, 0.1) is 0 Å². The summed E-state index contributed by atoms with van der Waals surface area (Å²) in [6, 6.07) is 3.74. The number of halogens is 1. The topological polar surface area (TPSA) is 43.4 Å². The van der Waals surface area contributed by atoms with Crippen LogP contribution in [-0.4, -0.2) is 37.7 Å². The van der Waals surface area contributed by atoms with Gasteiger partial charge < -0.3 is 14.8 Å². The number of hydrogen-bond acceptors (Lipinski definition) is 4. The van der Waals surface area contributed by atoms with Crippen LogP contribution in [-0.2, 0) is 4.74 Å². The fraction of sp³-hybridized carbons (Fsp3) is 0.545. The molecule has 0 bridgehead atoms. The van der Waals surface area contributed by atoms with Gasteiger partial charge in [-0.25, -0.2) is 4.98 Å². The predicted octanol–water partition coefficient (Wildman–Crippen LogP) is 2.15. The van der Waals surface area contributed by atoms with Crippen molar-refractivity contribution in [1.29, 1.82) is 0 Å². The average molecular weight is 245 g/mol. The normalized spacial score (nSPS) is 12.2. The van der Waals surface area contributed by atoms with Crippen molar-refractivity contribution in [2.24, 2.45) is 0 Å². The summed E-state index contributed by atoms with van der Waals surface area (Å²) in [5.41, 5.74) is 0.980. The number of ether oxygens (including phenoxy) is 2. The Morgan fingerprint density at radius 2 is 2.31 bits per heavy atom. The fourth-order valence-electron chi connectivity index (χ4n) is 1.27. The van der Waals surface area contributed by atoms with E-state index in [1.807, 2.05) is 12.1 Å². The van der Waals surface area contributed by atoms with E-state index in [9.17, 15) is 0 Å². The molecule has 0 aliphatic heterocycles. The molecule has 5 heteroatoms. The Morgan fingerprint density at radius 1 is 1.50 bits per heavy atom. The van der Waals surface area contributed by atoms with E-state index in [2.05, 4.69) is 10.3 Å². The van der Waals surface area contributed by atoms with Crippen LogP contribution in [0.1, 0.15) is 6.42 Å². The lowest BCUT2D eigenvalue weighted by Crippen LogP contribution is -2.13. The molecule has 0 saturated heterocycles. The molecule has 0 amide bonds. The summed E-state index contributed by atoms with van der Waals surface area (Å²) in [7, 11) is 3.25. The van der Waals surface area contributed by atoms with E-state index in [1.54, 1.807) is 20.4 Å². The minimum absolute atomic E-state index is 0.0428. The van der Waals surface area contributed by atoms with Gasteiger partial charge >= 0.3 is 0 Å². The van der Waals surface area contributed by atoms with Gasteiger partial charge in [0.1, 0.15) is 0 Å². The Hall–Kier alpha value is -1.00. The molecule has 1 heterocycles.